The van der Waals surface area contributed by atoms with Crippen LogP contribution in [0.2, 0.25) is 0 Å². The van der Waals surface area contributed by atoms with Crippen LogP contribution in [0.25, 0.3) is 0 Å². The van der Waals surface area contributed by atoms with Crippen molar-refractivity contribution in [3.05, 3.63) is 46.7 Å². The van der Waals surface area contributed by atoms with Crippen molar-refractivity contribution in [2.24, 2.45) is 0 Å². The van der Waals surface area contributed by atoms with E-state index >= 15 is 0 Å². The third-order valence-corrected chi connectivity index (χ3v) is 5.62. The van der Waals surface area contributed by atoms with E-state index in [2.05, 4.69) is 32.2 Å². The first kappa shape index (κ1) is 23.0. The van der Waals surface area contributed by atoms with Crippen LogP contribution in [-0.4, -0.2) is 67.7 Å². The van der Waals surface area contributed by atoms with Crippen LogP contribution in [0.5, 0.6) is 5.75 Å². The Hall–Kier alpha value is -2.63. The van der Waals surface area contributed by atoms with Gasteiger partial charge in [-0.15, -0.1) is 13.2 Å². The molecule has 11 heteroatoms. The molecule has 1 fully saturated rings. The molecule has 1 aliphatic rings. The average Bonchev–Trinajstić information content (AvgIpc) is 3.24. The van der Waals surface area contributed by atoms with Gasteiger partial charge in [-0.1, -0.05) is 0 Å². The number of carbonyl (C=O) groups excluding carboxylic acids is 2. The summed E-state index contributed by atoms with van der Waals surface area (Å²) in [7, 11) is 2.06. The molecule has 2 amide bonds. The number of hydrogen-bond donors (Lipinski definition) is 2. The minimum atomic E-state index is -4.80. The largest absolute Gasteiger partial charge is 0.573 e. The van der Waals surface area contributed by atoms with E-state index in [0.717, 1.165) is 43.9 Å². The number of nitrogens with zero attached hydrogens (tertiary/aromatic N) is 2. The summed E-state index contributed by atoms with van der Waals surface area (Å²) in [4.78, 5) is 29.0. The van der Waals surface area contributed by atoms with Gasteiger partial charge >= 0.3 is 18.2 Å². The second-order valence-corrected chi connectivity index (χ2v) is 7.93. The molecule has 31 heavy (non-hydrogen) atoms. The Morgan fingerprint density at radius 1 is 1.10 bits per heavy atom. The molecule has 3 rings (SSSR count). The van der Waals surface area contributed by atoms with Gasteiger partial charge in [0.05, 0.1) is 6.04 Å². The molecule has 0 spiro atoms. The van der Waals surface area contributed by atoms with Gasteiger partial charge in [0.15, 0.2) is 0 Å². The van der Waals surface area contributed by atoms with E-state index in [0.29, 0.717) is 0 Å². The summed E-state index contributed by atoms with van der Waals surface area (Å²) in [6, 6.07) is 6.53. The number of amides is 2. The summed E-state index contributed by atoms with van der Waals surface area (Å²) < 4.78 is 40.4. The molecule has 2 N–H and O–H groups in total. The zero-order chi connectivity index (χ0) is 22.4. The molecule has 7 nitrogen and oxygen atoms in total. The number of piperazine rings is 1. The number of halogens is 3. The predicted octanol–water partition coefficient (Wildman–Crippen LogP) is 2.69. The zero-order valence-electron chi connectivity index (χ0n) is 16.8. The fourth-order valence-electron chi connectivity index (χ4n) is 3.25. The van der Waals surface area contributed by atoms with E-state index in [1.54, 1.807) is 11.3 Å². The third-order valence-electron chi connectivity index (χ3n) is 4.91. The first-order valence-electron chi connectivity index (χ1n) is 9.61. The van der Waals surface area contributed by atoms with E-state index < -0.39 is 23.9 Å². The van der Waals surface area contributed by atoms with Crippen molar-refractivity contribution in [2.75, 3.05) is 45.1 Å². The number of hydrogen-bond acceptors (Lipinski definition) is 6. The van der Waals surface area contributed by atoms with Crippen molar-refractivity contribution in [3.63, 3.8) is 0 Å². The summed E-state index contributed by atoms with van der Waals surface area (Å²) in [5.74, 6) is -2.13. The molecule has 0 radical (unpaired) electrons. The lowest BCUT2D eigenvalue weighted by atomic mass is 10.1. The molecular formula is C20H23F3N4O3S. The van der Waals surface area contributed by atoms with E-state index in [1.807, 2.05) is 16.8 Å². The third kappa shape index (κ3) is 6.94. The molecule has 168 valence electrons. The number of likely N-dealkylation sites (N-methyl/N-ethyl adjacent to an activating group) is 1. The number of anilines is 1. The van der Waals surface area contributed by atoms with E-state index in [-0.39, 0.29) is 18.3 Å². The molecular weight excluding hydrogens is 433 g/mol. The van der Waals surface area contributed by atoms with Gasteiger partial charge in [-0.3, -0.25) is 14.5 Å². The van der Waals surface area contributed by atoms with Gasteiger partial charge in [-0.05, 0) is 53.7 Å². The lowest BCUT2D eigenvalue weighted by Gasteiger charge is -2.37. The number of carbonyl (C=O) groups is 2. The number of benzene rings is 1. The lowest BCUT2D eigenvalue weighted by molar-refractivity contribution is -0.274. The molecule has 1 saturated heterocycles. The van der Waals surface area contributed by atoms with E-state index in [4.69, 9.17) is 0 Å². The van der Waals surface area contributed by atoms with Crippen molar-refractivity contribution in [1.29, 1.82) is 0 Å². The average molecular weight is 456 g/mol. The molecule has 0 aliphatic carbocycles. The molecule has 1 aliphatic heterocycles. The fraction of sp³-hybridized carbons (Fsp3) is 0.400. The second-order valence-electron chi connectivity index (χ2n) is 7.15. The Morgan fingerprint density at radius 2 is 1.77 bits per heavy atom. The summed E-state index contributed by atoms with van der Waals surface area (Å²) in [5, 5.41) is 9.04. The first-order chi connectivity index (χ1) is 14.7. The van der Waals surface area contributed by atoms with Crippen molar-refractivity contribution in [2.45, 2.75) is 12.4 Å². The highest BCUT2D eigenvalue weighted by molar-refractivity contribution is 7.08. The van der Waals surface area contributed by atoms with Crippen LogP contribution >= 0.6 is 11.3 Å². The highest BCUT2D eigenvalue weighted by Gasteiger charge is 2.31. The fourth-order valence-corrected chi connectivity index (χ4v) is 3.96. The molecule has 0 saturated carbocycles. The number of thiophene rings is 1. The van der Waals surface area contributed by atoms with Crippen LogP contribution in [0.3, 0.4) is 0 Å². The number of alkyl halides is 3. The van der Waals surface area contributed by atoms with Gasteiger partial charge in [-0.2, -0.15) is 11.3 Å². The standard InChI is InChI=1S/C20H23F3N4O3S/c1-26-7-9-27(10-8-26)17(14-6-11-31-13-14)12-24-18(28)19(29)25-15-2-4-16(5-3-15)30-20(21,22)23/h2-6,11,13,17H,7-10,12H2,1H3,(H,24,28)(H,25,29). The van der Waals surface area contributed by atoms with Crippen molar-refractivity contribution in [3.8, 4) is 5.75 Å². The lowest BCUT2D eigenvalue weighted by Crippen LogP contribution is -2.49. The smallest absolute Gasteiger partial charge is 0.406 e. The second kappa shape index (κ2) is 10.1. The summed E-state index contributed by atoms with van der Waals surface area (Å²) in [5.41, 5.74) is 1.26. The van der Waals surface area contributed by atoms with Crippen LogP contribution < -0.4 is 15.4 Å². The maximum atomic E-state index is 12.3. The monoisotopic (exact) mass is 456 g/mol. The normalized spacial score (nSPS) is 16.5. The molecule has 1 unspecified atom stereocenters. The van der Waals surface area contributed by atoms with Crippen LogP contribution in [0, 0.1) is 0 Å². The Kier molecular flexibility index (Phi) is 7.52. The van der Waals surface area contributed by atoms with Crippen LogP contribution in [0.1, 0.15) is 11.6 Å². The minimum Gasteiger partial charge on any atom is -0.406 e. The summed E-state index contributed by atoms with van der Waals surface area (Å²) in [6.07, 6.45) is -4.80. The van der Waals surface area contributed by atoms with Gasteiger partial charge < -0.3 is 20.3 Å². The summed E-state index contributed by atoms with van der Waals surface area (Å²) >= 11 is 1.57. The van der Waals surface area contributed by atoms with Crippen molar-refractivity contribution >= 4 is 28.8 Å². The van der Waals surface area contributed by atoms with Gasteiger partial charge in [0.25, 0.3) is 0 Å². The number of nitrogens with one attached hydrogen (secondary N) is 2. The molecule has 1 aromatic carbocycles. The Morgan fingerprint density at radius 3 is 2.35 bits per heavy atom. The number of ether oxygens (including phenoxy) is 1. The van der Waals surface area contributed by atoms with E-state index in [1.165, 1.54) is 12.1 Å². The zero-order valence-corrected chi connectivity index (χ0v) is 17.6. The first-order valence-corrected chi connectivity index (χ1v) is 10.6. The van der Waals surface area contributed by atoms with Crippen molar-refractivity contribution in [1.82, 2.24) is 15.1 Å². The highest BCUT2D eigenvalue weighted by atomic mass is 32.1. The van der Waals surface area contributed by atoms with Gasteiger partial charge in [-0.25, -0.2) is 0 Å². The molecule has 1 aromatic heterocycles. The quantitative estimate of drug-likeness (QED) is 0.654. The molecule has 2 aromatic rings. The topological polar surface area (TPSA) is 73.9 Å². The van der Waals surface area contributed by atoms with Gasteiger partial charge in [0, 0.05) is 38.4 Å². The Labute approximate surface area is 181 Å². The SMILES string of the molecule is CN1CCN(C(CNC(=O)C(=O)Nc2ccc(OC(F)(F)F)cc2)c2ccsc2)CC1. The maximum Gasteiger partial charge on any atom is 0.573 e. The Bertz CT molecular complexity index is 867. The maximum absolute atomic E-state index is 12.3. The van der Waals surface area contributed by atoms with Crippen LogP contribution in [-0.2, 0) is 9.59 Å². The molecule has 0 bridgehead atoms. The van der Waals surface area contributed by atoms with Gasteiger partial charge in [0.2, 0.25) is 0 Å². The van der Waals surface area contributed by atoms with Gasteiger partial charge in [0.1, 0.15) is 5.75 Å². The van der Waals surface area contributed by atoms with Crippen LogP contribution in [0.4, 0.5) is 18.9 Å². The highest BCUT2D eigenvalue weighted by Crippen LogP contribution is 2.25. The number of rotatable bonds is 6. The Balaban J connectivity index is 1.55. The predicted molar refractivity (Wildman–Crippen MR) is 111 cm³/mol. The van der Waals surface area contributed by atoms with E-state index in [9.17, 15) is 22.8 Å². The molecule has 2 heterocycles. The van der Waals surface area contributed by atoms with Crippen molar-refractivity contribution < 1.29 is 27.5 Å². The molecule has 1 atom stereocenters. The minimum absolute atomic E-state index is 0.0458. The van der Waals surface area contributed by atoms with Crippen LogP contribution in [0.15, 0.2) is 41.1 Å². The summed E-state index contributed by atoms with van der Waals surface area (Å²) in [6.45, 7) is 3.81.